The molecule has 0 radical (unpaired) electrons. The number of hydrogen-bond acceptors (Lipinski definition) is 6. The second kappa shape index (κ2) is 4.35. The van der Waals surface area contributed by atoms with Crippen LogP contribution in [-0.4, -0.2) is 32.5 Å². The third kappa shape index (κ3) is 2.48. The van der Waals surface area contributed by atoms with E-state index in [1.807, 2.05) is 6.92 Å². The average Bonchev–Trinajstić information content (AvgIpc) is 2.81. The molecule has 1 fully saturated rings. The van der Waals surface area contributed by atoms with Crippen LogP contribution < -0.4 is 4.72 Å². The first-order valence-electron chi connectivity index (χ1n) is 5.00. The molecule has 8 heteroatoms. The molecule has 1 aliphatic rings. The Labute approximate surface area is 103 Å². The number of rotatable bonds is 4. The first-order chi connectivity index (χ1) is 7.95. The SMILES string of the molecule is COC(=O)c1ncsc1S(=O)(=O)NC1CC1C. The van der Waals surface area contributed by atoms with Gasteiger partial charge in [0.2, 0.25) is 0 Å². The van der Waals surface area contributed by atoms with E-state index < -0.39 is 16.0 Å². The summed E-state index contributed by atoms with van der Waals surface area (Å²) in [5, 5.41) is 0. The van der Waals surface area contributed by atoms with Crippen LogP contribution in [0.2, 0.25) is 0 Å². The highest BCUT2D eigenvalue weighted by molar-refractivity contribution is 7.91. The zero-order chi connectivity index (χ0) is 12.6. The van der Waals surface area contributed by atoms with Crippen molar-refractivity contribution in [2.24, 2.45) is 5.92 Å². The lowest BCUT2D eigenvalue weighted by molar-refractivity contribution is 0.0590. The van der Waals surface area contributed by atoms with Crippen molar-refractivity contribution in [2.45, 2.75) is 23.6 Å². The van der Waals surface area contributed by atoms with Gasteiger partial charge in [0.25, 0.3) is 10.0 Å². The highest BCUT2D eigenvalue weighted by Crippen LogP contribution is 2.31. The first-order valence-corrected chi connectivity index (χ1v) is 7.36. The second-order valence-electron chi connectivity index (χ2n) is 3.92. The van der Waals surface area contributed by atoms with E-state index in [4.69, 9.17) is 0 Å². The zero-order valence-electron chi connectivity index (χ0n) is 9.34. The van der Waals surface area contributed by atoms with E-state index in [9.17, 15) is 13.2 Å². The van der Waals surface area contributed by atoms with Crippen LogP contribution in [0.4, 0.5) is 0 Å². The summed E-state index contributed by atoms with van der Waals surface area (Å²) in [5.41, 5.74) is 1.16. The van der Waals surface area contributed by atoms with Gasteiger partial charge in [-0.15, -0.1) is 11.3 Å². The fraction of sp³-hybridized carbons (Fsp3) is 0.556. The van der Waals surface area contributed by atoms with Crippen molar-refractivity contribution in [2.75, 3.05) is 7.11 Å². The molecule has 0 bridgehead atoms. The van der Waals surface area contributed by atoms with E-state index in [1.54, 1.807) is 0 Å². The number of nitrogens with one attached hydrogen (secondary N) is 1. The third-order valence-corrected chi connectivity index (χ3v) is 5.43. The van der Waals surface area contributed by atoms with Gasteiger partial charge in [-0.2, -0.15) is 0 Å². The maximum absolute atomic E-state index is 12.0. The molecule has 2 rings (SSSR count). The van der Waals surface area contributed by atoms with Crippen molar-refractivity contribution in [1.29, 1.82) is 0 Å². The summed E-state index contributed by atoms with van der Waals surface area (Å²) in [6.45, 7) is 1.96. The van der Waals surface area contributed by atoms with Crippen molar-refractivity contribution in [3.05, 3.63) is 11.2 Å². The molecular formula is C9H12N2O4S2. The molecule has 94 valence electrons. The van der Waals surface area contributed by atoms with Gasteiger partial charge in [-0.05, 0) is 12.3 Å². The minimum absolute atomic E-state index is 0.0346. The molecule has 1 N–H and O–H groups in total. The number of sulfonamides is 1. The number of esters is 1. The number of carbonyl (C=O) groups excluding carboxylic acids is 1. The Morgan fingerprint density at radius 2 is 2.29 bits per heavy atom. The summed E-state index contributed by atoms with van der Waals surface area (Å²) >= 11 is 0.909. The molecule has 0 aromatic carbocycles. The minimum Gasteiger partial charge on any atom is -0.464 e. The van der Waals surface area contributed by atoms with Crippen molar-refractivity contribution < 1.29 is 17.9 Å². The highest BCUT2D eigenvalue weighted by Gasteiger charge is 2.38. The quantitative estimate of drug-likeness (QED) is 0.815. The molecule has 0 amide bonds. The molecule has 6 nitrogen and oxygen atoms in total. The molecular weight excluding hydrogens is 264 g/mol. The summed E-state index contributed by atoms with van der Waals surface area (Å²) in [5.74, 6) is -0.394. The molecule has 1 aromatic rings. The zero-order valence-corrected chi connectivity index (χ0v) is 11.0. The number of methoxy groups -OCH3 is 1. The van der Waals surface area contributed by atoms with Crippen LogP contribution in [0.25, 0.3) is 0 Å². The standard InChI is InChI=1S/C9H12N2O4S2/c1-5-3-6(5)11-17(13,14)9-7(8(12)15-2)10-4-16-9/h4-6,11H,3H2,1-2H3. The van der Waals surface area contributed by atoms with Crippen LogP contribution in [0.5, 0.6) is 0 Å². The van der Waals surface area contributed by atoms with Gasteiger partial charge in [0.15, 0.2) is 9.90 Å². The fourth-order valence-corrected chi connectivity index (χ4v) is 3.90. The molecule has 0 saturated heterocycles. The Balaban J connectivity index is 2.27. The Kier molecular flexibility index (Phi) is 3.19. The van der Waals surface area contributed by atoms with Crippen LogP contribution in [0.15, 0.2) is 9.72 Å². The summed E-state index contributed by atoms with van der Waals surface area (Å²) < 4.78 is 30.9. The number of thiazole rings is 1. The number of ether oxygens (including phenoxy) is 1. The normalized spacial score (nSPS) is 23.4. The van der Waals surface area contributed by atoms with Gasteiger partial charge >= 0.3 is 5.97 Å². The summed E-state index contributed by atoms with van der Waals surface area (Å²) in [6.07, 6.45) is 0.825. The predicted octanol–water partition coefficient (Wildman–Crippen LogP) is 0.616. The largest absolute Gasteiger partial charge is 0.464 e. The van der Waals surface area contributed by atoms with E-state index in [0.717, 1.165) is 17.8 Å². The monoisotopic (exact) mass is 276 g/mol. The Bertz CT molecular complexity index is 537. The maximum Gasteiger partial charge on any atom is 0.358 e. The van der Waals surface area contributed by atoms with Crippen LogP contribution in [-0.2, 0) is 14.8 Å². The van der Waals surface area contributed by atoms with Crippen molar-refractivity contribution in [3.8, 4) is 0 Å². The van der Waals surface area contributed by atoms with Crippen LogP contribution in [0.1, 0.15) is 23.8 Å². The molecule has 2 atom stereocenters. The van der Waals surface area contributed by atoms with Crippen LogP contribution in [0, 0.1) is 5.92 Å². The molecule has 17 heavy (non-hydrogen) atoms. The van der Waals surface area contributed by atoms with Gasteiger partial charge in [0.05, 0.1) is 12.6 Å². The van der Waals surface area contributed by atoms with E-state index in [0.29, 0.717) is 5.92 Å². The topological polar surface area (TPSA) is 85.4 Å². The Morgan fingerprint density at radius 1 is 1.65 bits per heavy atom. The lowest BCUT2D eigenvalue weighted by atomic mass is 10.5. The van der Waals surface area contributed by atoms with E-state index in [1.165, 1.54) is 12.6 Å². The predicted molar refractivity (Wildman–Crippen MR) is 61.3 cm³/mol. The molecule has 2 unspecified atom stereocenters. The number of aromatic nitrogens is 1. The molecule has 1 aliphatic carbocycles. The lowest BCUT2D eigenvalue weighted by Gasteiger charge is -2.04. The van der Waals surface area contributed by atoms with Crippen molar-refractivity contribution in [3.63, 3.8) is 0 Å². The number of nitrogens with zero attached hydrogens (tertiary/aromatic N) is 1. The molecule has 1 aromatic heterocycles. The smallest absolute Gasteiger partial charge is 0.358 e. The van der Waals surface area contributed by atoms with E-state index in [2.05, 4.69) is 14.4 Å². The lowest BCUT2D eigenvalue weighted by Crippen LogP contribution is -2.27. The van der Waals surface area contributed by atoms with Gasteiger partial charge in [-0.1, -0.05) is 6.92 Å². The van der Waals surface area contributed by atoms with Crippen LogP contribution >= 0.6 is 11.3 Å². The van der Waals surface area contributed by atoms with Gasteiger partial charge in [-0.3, -0.25) is 0 Å². The van der Waals surface area contributed by atoms with E-state index >= 15 is 0 Å². The molecule has 0 spiro atoms. The highest BCUT2D eigenvalue weighted by atomic mass is 32.2. The molecule has 1 heterocycles. The Hall–Kier alpha value is -0.990. The van der Waals surface area contributed by atoms with Crippen LogP contribution in [0.3, 0.4) is 0 Å². The first kappa shape index (κ1) is 12.5. The fourth-order valence-electron chi connectivity index (χ4n) is 1.40. The van der Waals surface area contributed by atoms with Gasteiger partial charge < -0.3 is 4.74 Å². The number of hydrogen-bond donors (Lipinski definition) is 1. The second-order valence-corrected chi connectivity index (χ2v) is 6.68. The third-order valence-electron chi connectivity index (χ3n) is 2.57. The van der Waals surface area contributed by atoms with E-state index in [-0.39, 0.29) is 15.9 Å². The Morgan fingerprint density at radius 3 is 2.82 bits per heavy atom. The summed E-state index contributed by atoms with van der Waals surface area (Å²) in [6, 6.07) is -0.0346. The molecule has 1 saturated carbocycles. The minimum atomic E-state index is -3.67. The van der Waals surface area contributed by atoms with Gasteiger partial charge in [0.1, 0.15) is 0 Å². The maximum atomic E-state index is 12.0. The van der Waals surface area contributed by atoms with Gasteiger partial charge in [0, 0.05) is 6.04 Å². The summed E-state index contributed by atoms with van der Waals surface area (Å²) in [4.78, 5) is 15.1. The van der Waals surface area contributed by atoms with Crippen molar-refractivity contribution >= 4 is 27.3 Å². The summed E-state index contributed by atoms with van der Waals surface area (Å²) in [7, 11) is -2.48. The number of carbonyl (C=O) groups is 1. The van der Waals surface area contributed by atoms with Crippen molar-refractivity contribution in [1.82, 2.24) is 9.71 Å². The average molecular weight is 276 g/mol. The van der Waals surface area contributed by atoms with Gasteiger partial charge in [-0.25, -0.2) is 22.9 Å². The molecule has 0 aliphatic heterocycles.